The summed E-state index contributed by atoms with van der Waals surface area (Å²) in [5.74, 6) is -0.520. The molecule has 0 aliphatic carbocycles. The number of halogens is 2. The predicted molar refractivity (Wildman–Crippen MR) is 104 cm³/mol. The molecule has 136 valence electrons. The number of nitrogens with one attached hydrogen (secondary N) is 2. The van der Waals surface area contributed by atoms with E-state index in [9.17, 15) is 9.59 Å². The Morgan fingerprint density at radius 3 is 2.46 bits per heavy atom. The number of amides is 1. The van der Waals surface area contributed by atoms with Gasteiger partial charge >= 0.3 is 5.97 Å². The zero-order valence-electron chi connectivity index (χ0n) is 13.5. The molecule has 0 unspecified atom stereocenters. The summed E-state index contributed by atoms with van der Waals surface area (Å²) < 4.78 is 9.96. The van der Waals surface area contributed by atoms with Crippen molar-refractivity contribution < 1.29 is 19.1 Å². The van der Waals surface area contributed by atoms with Gasteiger partial charge in [-0.2, -0.15) is 0 Å². The van der Waals surface area contributed by atoms with Crippen molar-refractivity contribution in [2.45, 2.75) is 0 Å². The van der Waals surface area contributed by atoms with Crippen molar-refractivity contribution in [2.75, 3.05) is 19.0 Å². The molecule has 0 aromatic heterocycles. The van der Waals surface area contributed by atoms with Crippen molar-refractivity contribution in [1.82, 2.24) is 5.32 Å². The maximum absolute atomic E-state index is 11.9. The number of methoxy groups -OCH3 is 1. The maximum atomic E-state index is 11.9. The fourth-order valence-corrected chi connectivity index (χ4v) is 2.43. The molecule has 0 radical (unpaired) electrons. The van der Waals surface area contributed by atoms with Crippen LogP contribution in [0.25, 0.3) is 0 Å². The first-order valence-corrected chi connectivity index (χ1v) is 8.42. The van der Waals surface area contributed by atoms with Crippen LogP contribution in [-0.4, -0.2) is 30.7 Å². The van der Waals surface area contributed by atoms with Crippen molar-refractivity contribution in [3.8, 4) is 5.75 Å². The van der Waals surface area contributed by atoms with E-state index in [2.05, 4.69) is 15.4 Å². The van der Waals surface area contributed by atoms with Gasteiger partial charge in [0.1, 0.15) is 5.75 Å². The monoisotopic (exact) mass is 412 g/mol. The molecule has 1 amide bonds. The molecule has 26 heavy (non-hydrogen) atoms. The Kier molecular flexibility index (Phi) is 7.20. The molecule has 2 aromatic rings. The van der Waals surface area contributed by atoms with Gasteiger partial charge in [-0.15, -0.1) is 0 Å². The number of thiocarbonyl (C=S) groups is 1. The molecule has 0 aliphatic rings. The molecule has 0 fully saturated rings. The van der Waals surface area contributed by atoms with E-state index in [0.717, 1.165) is 0 Å². The highest BCUT2D eigenvalue weighted by Crippen LogP contribution is 2.21. The van der Waals surface area contributed by atoms with E-state index in [1.165, 1.54) is 19.2 Å². The normalized spacial score (nSPS) is 9.96. The van der Waals surface area contributed by atoms with Gasteiger partial charge < -0.3 is 14.8 Å². The van der Waals surface area contributed by atoms with E-state index >= 15 is 0 Å². The van der Waals surface area contributed by atoms with E-state index in [0.29, 0.717) is 16.5 Å². The molecule has 0 aliphatic heterocycles. The van der Waals surface area contributed by atoms with E-state index in [4.69, 9.17) is 40.2 Å². The molecule has 0 heterocycles. The van der Waals surface area contributed by atoms with Gasteiger partial charge in [-0.3, -0.25) is 10.1 Å². The quantitative estimate of drug-likeness (QED) is 0.576. The SMILES string of the molecule is COC(=O)c1cc(NC(=S)NC(=O)COc2ccc(Cl)cc2)ccc1Cl. The Labute approximate surface area is 165 Å². The maximum Gasteiger partial charge on any atom is 0.339 e. The average molecular weight is 413 g/mol. The van der Waals surface area contributed by atoms with Crippen LogP contribution in [0.5, 0.6) is 5.75 Å². The summed E-state index contributed by atoms with van der Waals surface area (Å²) >= 11 is 16.8. The molecule has 2 aromatic carbocycles. The lowest BCUT2D eigenvalue weighted by atomic mass is 10.2. The standard InChI is InChI=1S/C17H14Cl2N2O4S/c1-24-16(23)13-8-11(4-7-14(13)19)20-17(26)21-15(22)9-25-12-5-2-10(18)3-6-12/h2-8H,9H2,1H3,(H2,20,21,22,26). The number of carbonyl (C=O) groups is 2. The van der Waals surface area contributed by atoms with Gasteiger partial charge in [0.25, 0.3) is 5.91 Å². The topological polar surface area (TPSA) is 76.7 Å². The Morgan fingerprint density at radius 2 is 1.81 bits per heavy atom. The number of esters is 1. The van der Waals surface area contributed by atoms with Crippen molar-refractivity contribution in [3.63, 3.8) is 0 Å². The number of benzene rings is 2. The fraction of sp³-hybridized carbons (Fsp3) is 0.118. The van der Waals surface area contributed by atoms with E-state index in [1.54, 1.807) is 30.3 Å². The van der Waals surface area contributed by atoms with Gasteiger partial charge in [0.05, 0.1) is 17.7 Å². The summed E-state index contributed by atoms with van der Waals surface area (Å²) in [6, 6.07) is 11.2. The second kappa shape index (κ2) is 9.38. The number of ether oxygens (including phenoxy) is 2. The molecule has 9 heteroatoms. The first kappa shape index (κ1) is 20.0. The summed E-state index contributed by atoms with van der Waals surface area (Å²) in [5, 5.41) is 6.12. The van der Waals surface area contributed by atoms with Crippen molar-refractivity contribution >= 4 is 58.1 Å². The van der Waals surface area contributed by atoms with Gasteiger partial charge in [-0.25, -0.2) is 4.79 Å². The lowest BCUT2D eigenvalue weighted by Gasteiger charge is -2.11. The lowest BCUT2D eigenvalue weighted by Crippen LogP contribution is -2.37. The minimum absolute atomic E-state index is 0.0489. The highest BCUT2D eigenvalue weighted by atomic mass is 35.5. The van der Waals surface area contributed by atoms with Crippen LogP contribution in [0.4, 0.5) is 5.69 Å². The molecule has 0 saturated carbocycles. The van der Waals surface area contributed by atoms with Crippen LogP contribution < -0.4 is 15.4 Å². The highest BCUT2D eigenvalue weighted by Gasteiger charge is 2.12. The molecule has 2 rings (SSSR count). The van der Waals surface area contributed by atoms with Crippen LogP contribution in [0.1, 0.15) is 10.4 Å². The van der Waals surface area contributed by atoms with E-state index < -0.39 is 11.9 Å². The Bertz CT molecular complexity index is 828. The zero-order valence-corrected chi connectivity index (χ0v) is 15.9. The molecule has 0 atom stereocenters. The summed E-state index contributed by atoms with van der Waals surface area (Å²) in [4.78, 5) is 23.5. The smallest absolute Gasteiger partial charge is 0.339 e. The van der Waals surface area contributed by atoms with E-state index in [-0.39, 0.29) is 22.3 Å². The Balaban J connectivity index is 1.88. The number of hydrogen-bond acceptors (Lipinski definition) is 5. The van der Waals surface area contributed by atoms with Crippen LogP contribution in [0.15, 0.2) is 42.5 Å². The molecular formula is C17H14Cl2N2O4S. The first-order valence-electron chi connectivity index (χ1n) is 7.26. The molecular weight excluding hydrogens is 399 g/mol. The number of anilines is 1. The minimum Gasteiger partial charge on any atom is -0.484 e. The summed E-state index contributed by atoms with van der Waals surface area (Å²) in [5.41, 5.74) is 0.651. The summed E-state index contributed by atoms with van der Waals surface area (Å²) in [6.07, 6.45) is 0. The molecule has 6 nitrogen and oxygen atoms in total. The van der Waals surface area contributed by atoms with Gasteiger partial charge in [0.15, 0.2) is 11.7 Å². The minimum atomic E-state index is -0.579. The number of hydrogen-bond donors (Lipinski definition) is 2. The van der Waals surface area contributed by atoms with Crippen molar-refractivity contribution in [3.05, 3.63) is 58.1 Å². The van der Waals surface area contributed by atoms with Gasteiger partial charge in [0.2, 0.25) is 0 Å². The van der Waals surface area contributed by atoms with Crippen molar-refractivity contribution in [2.24, 2.45) is 0 Å². The Hall–Kier alpha value is -2.35. The highest BCUT2D eigenvalue weighted by molar-refractivity contribution is 7.80. The third-order valence-electron chi connectivity index (χ3n) is 3.07. The van der Waals surface area contributed by atoms with Crippen LogP contribution in [0, 0.1) is 0 Å². The van der Waals surface area contributed by atoms with Gasteiger partial charge in [-0.05, 0) is 54.7 Å². The van der Waals surface area contributed by atoms with E-state index in [1.807, 2.05) is 0 Å². The number of rotatable bonds is 5. The van der Waals surface area contributed by atoms with Crippen LogP contribution >= 0.6 is 35.4 Å². The second-order valence-electron chi connectivity index (χ2n) is 4.93. The average Bonchev–Trinajstić information content (AvgIpc) is 2.62. The van der Waals surface area contributed by atoms with Crippen LogP contribution in [0.2, 0.25) is 10.0 Å². The molecule has 0 spiro atoms. The van der Waals surface area contributed by atoms with Crippen LogP contribution in [0.3, 0.4) is 0 Å². The summed E-state index contributed by atoms with van der Waals surface area (Å²) in [7, 11) is 1.25. The predicted octanol–water partition coefficient (Wildman–Crippen LogP) is 3.67. The molecule has 0 bridgehead atoms. The molecule has 2 N–H and O–H groups in total. The zero-order chi connectivity index (χ0) is 19.1. The largest absolute Gasteiger partial charge is 0.484 e. The first-order chi connectivity index (χ1) is 12.4. The second-order valence-corrected chi connectivity index (χ2v) is 6.18. The third-order valence-corrected chi connectivity index (χ3v) is 3.85. The van der Waals surface area contributed by atoms with Gasteiger partial charge in [-0.1, -0.05) is 23.2 Å². The lowest BCUT2D eigenvalue weighted by molar-refractivity contribution is -0.121. The van der Waals surface area contributed by atoms with Gasteiger partial charge in [0, 0.05) is 10.7 Å². The van der Waals surface area contributed by atoms with Crippen LogP contribution in [-0.2, 0) is 9.53 Å². The number of carbonyl (C=O) groups excluding carboxylic acids is 2. The molecule has 0 saturated heterocycles. The van der Waals surface area contributed by atoms with Crippen molar-refractivity contribution in [1.29, 1.82) is 0 Å². The fourth-order valence-electron chi connectivity index (χ4n) is 1.87. The third kappa shape index (κ3) is 5.87. The Morgan fingerprint density at radius 1 is 1.12 bits per heavy atom. The summed E-state index contributed by atoms with van der Waals surface area (Å²) in [6.45, 7) is -0.225.